The van der Waals surface area contributed by atoms with Gasteiger partial charge in [0.05, 0.1) is 4.32 Å². The first-order valence-corrected chi connectivity index (χ1v) is 8.53. The van der Waals surface area contributed by atoms with Crippen LogP contribution in [0.1, 0.15) is 54.2 Å². The summed E-state index contributed by atoms with van der Waals surface area (Å²) in [5, 5.41) is 14.7. The Hall–Kier alpha value is -0.890. The van der Waals surface area contributed by atoms with Crippen molar-refractivity contribution < 1.29 is 19.2 Å². The van der Waals surface area contributed by atoms with Crippen molar-refractivity contribution in [1.82, 2.24) is 5.16 Å². The summed E-state index contributed by atoms with van der Waals surface area (Å²) in [6.45, 7) is 12.8. The first kappa shape index (κ1) is 22.1. The highest BCUT2D eigenvalue weighted by atomic mass is 79.9. The van der Waals surface area contributed by atoms with Crippen molar-refractivity contribution in [2.24, 2.45) is 0 Å². The molecule has 0 aromatic carbocycles. The van der Waals surface area contributed by atoms with E-state index in [1.165, 1.54) is 0 Å². The van der Waals surface area contributed by atoms with Gasteiger partial charge in [0.25, 0.3) is 0 Å². The summed E-state index contributed by atoms with van der Waals surface area (Å²) in [4.78, 5) is 21.6. The van der Waals surface area contributed by atoms with E-state index in [4.69, 9.17) is 9.63 Å². The number of hydrogen-bond acceptors (Lipinski definition) is 4. The van der Waals surface area contributed by atoms with Gasteiger partial charge >= 0.3 is 5.97 Å². The first-order valence-electron chi connectivity index (χ1n) is 6.95. The quantitative estimate of drug-likeness (QED) is 0.661. The average Bonchev–Trinajstić information content (AvgIpc) is 2.75. The lowest BCUT2D eigenvalue weighted by Gasteiger charge is -2.14. The molecule has 1 rings (SSSR count). The molecule has 8 heteroatoms. The first-order chi connectivity index (χ1) is 10.0. The number of aromatic nitrogens is 1. The number of carboxylic acid groups (broad SMARTS) is 1. The summed E-state index contributed by atoms with van der Waals surface area (Å²) < 4.78 is 3.77. The summed E-state index contributed by atoms with van der Waals surface area (Å²) in [7, 11) is 0. The minimum absolute atomic E-state index is 0.111. The van der Waals surface area contributed by atoms with E-state index in [0.717, 1.165) is 5.76 Å². The molecule has 6 nitrogen and oxygen atoms in total. The van der Waals surface area contributed by atoms with Crippen LogP contribution in [0, 0.1) is 0 Å². The van der Waals surface area contributed by atoms with Crippen LogP contribution in [0.15, 0.2) is 10.6 Å². The van der Waals surface area contributed by atoms with Gasteiger partial charge in [0.2, 0.25) is 5.91 Å². The smallest absolute Gasteiger partial charge is 0.319 e. The highest BCUT2D eigenvalue weighted by molar-refractivity contribution is 9.10. The normalized spacial score (nSPS) is 12.2. The van der Waals surface area contributed by atoms with Crippen molar-refractivity contribution in [1.29, 1.82) is 0 Å². The van der Waals surface area contributed by atoms with Crippen LogP contribution in [-0.2, 0) is 15.0 Å². The number of anilines is 1. The van der Waals surface area contributed by atoms with Crippen LogP contribution < -0.4 is 5.32 Å². The second-order valence-corrected chi connectivity index (χ2v) is 11.0. The van der Waals surface area contributed by atoms with Gasteiger partial charge in [-0.1, -0.05) is 57.8 Å². The fourth-order valence-corrected chi connectivity index (χ4v) is 1.05. The Morgan fingerprint density at radius 2 is 1.52 bits per heavy atom. The molecule has 1 amide bonds. The molecule has 1 aromatic rings. The molecular formula is C15H24Br2N2O4. The van der Waals surface area contributed by atoms with Crippen LogP contribution in [-0.4, -0.2) is 30.8 Å². The Labute approximate surface area is 153 Å². The molecule has 0 unspecified atom stereocenters. The van der Waals surface area contributed by atoms with E-state index < -0.39 is 14.6 Å². The summed E-state index contributed by atoms with van der Waals surface area (Å²) in [6, 6.07) is 1.75. The number of hydrogen-bond donors (Lipinski definition) is 2. The summed E-state index contributed by atoms with van der Waals surface area (Å²) in [6.07, 6.45) is 0. The van der Waals surface area contributed by atoms with Crippen molar-refractivity contribution in [3.05, 3.63) is 11.8 Å². The number of nitrogens with zero attached hydrogens (tertiary/aromatic N) is 1. The van der Waals surface area contributed by atoms with Gasteiger partial charge in [0, 0.05) is 11.5 Å². The van der Waals surface area contributed by atoms with Gasteiger partial charge in [-0.3, -0.25) is 9.59 Å². The number of rotatable bonds is 3. The van der Waals surface area contributed by atoms with Crippen LogP contribution in [0.2, 0.25) is 0 Å². The predicted molar refractivity (Wildman–Crippen MR) is 97.5 cm³/mol. The Bertz CT molecular complexity index is 549. The van der Waals surface area contributed by atoms with Crippen LogP contribution in [0.5, 0.6) is 0 Å². The molecule has 2 N–H and O–H groups in total. The van der Waals surface area contributed by atoms with Crippen molar-refractivity contribution in [3.63, 3.8) is 0 Å². The van der Waals surface area contributed by atoms with Crippen LogP contribution in [0.3, 0.4) is 0 Å². The monoisotopic (exact) mass is 454 g/mol. The molecule has 0 aliphatic carbocycles. The maximum absolute atomic E-state index is 11.7. The predicted octanol–water partition coefficient (Wildman–Crippen LogP) is 4.33. The number of amides is 1. The largest absolute Gasteiger partial charge is 0.480 e. The van der Waals surface area contributed by atoms with Gasteiger partial charge in [-0.05, 0) is 27.7 Å². The Morgan fingerprint density at radius 1 is 1.09 bits per heavy atom. The summed E-state index contributed by atoms with van der Waals surface area (Å²) in [5.74, 6) is 0.200. The molecule has 132 valence electrons. The fraction of sp³-hybridized carbons (Fsp3) is 0.667. The minimum atomic E-state index is -0.840. The van der Waals surface area contributed by atoms with Gasteiger partial charge < -0.3 is 14.9 Å². The number of nitrogens with one attached hydrogen (secondary N) is 1. The van der Waals surface area contributed by atoms with Crippen molar-refractivity contribution >= 4 is 49.6 Å². The molecule has 0 radical (unpaired) electrons. The van der Waals surface area contributed by atoms with Crippen LogP contribution >= 0.6 is 31.9 Å². The third kappa shape index (κ3) is 8.50. The molecule has 0 bridgehead atoms. The van der Waals surface area contributed by atoms with Crippen molar-refractivity contribution in [3.8, 4) is 0 Å². The van der Waals surface area contributed by atoms with Gasteiger partial charge in [0.1, 0.15) is 10.1 Å². The Morgan fingerprint density at radius 3 is 1.78 bits per heavy atom. The van der Waals surface area contributed by atoms with Crippen molar-refractivity contribution in [2.75, 3.05) is 5.32 Å². The van der Waals surface area contributed by atoms with Gasteiger partial charge in [-0.15, -0.1) is 0 Å². The minimum Gasteiger partial charge on any atom is -0.480 e. The third-order valence-electron chi connectivity index (χ3n) is 2.54. The maximum atomic E-state index is 11.7. The zero-order valence-corrected chi connectivity index (χ0v) is 17.6. The Balaban J connectivity index is 0.000000585. The second kappa shape index (κ2) is 7.79. The van der Waals surface area contributed by atoms with E-state index in [9.17, 15) is 9.59 Å². The van der Waals surface area contributed by atoms with E-state index in [0.29, 0.717) is 5.82 Å². The molecule has 0 saturated carbocycles. The number of halogens is 2. The molecule has 0 fully saturated rings. The van der Waals surface area contributed by atoms with Gasteiger partial charge in [0.15, 0.2) is 5.82 Å². The number of aliphatic carboxylic acids is 1. The number of alkyl halides is 2. The summed E-state index contributed by atoms with van der Waals surface area (Å²) >= 11 is 6.22. The van der Waals surface area contributed by atoms with E-state index >= 15 is 0 Å². The van der Waals surface area contributed by atoms with Crippen molar-refractivity contribution in [2.45, 2.75) is 62.5 Å². The zero-order chi connectivity index (χ0) is 18.6. The van der Waals surface area contributed by atoms with E-state index in [1.54, 1.807) is 33.8 Å². The average molecular weight is 456 g/mol. The fourth-order valence-electron chi connectivity index (χ4n) is 0.953. The van der Waals surface area contributed by atoms with E-state index in [1.807, 2.05) is 20.8 Å². The molecule has 23 heavy (non-hydrogen) atoms. The second-order valence-electron chi connectivity index (χ2n) is 7.03. The van der Waals surface area contributed by atoms with Gasteiger partial charge in [-0.25, -0.2) is 0 Å². The van der Waals surface area contributed by atoms with Crippen LogP contribution in [0.25, 0.3) is 0 Å². The summed E-state index contributed by atoms with van der Waals surface area (Å²) in [5.41, 5.74) is -0.111. The third-order valence-corrected chi connectivity index (χ3v) is 3.24. The zero-order valence-electron chi connectivity index (χ0n) is 14.5. The molecular weight excluding hydrogens is 432 g/mol. The topological polar surface area (TPSA) is 92.4 Å². The highest BCUT2D eigenvalue weighted by Crippen LogP contribution is 2.25. The van der Waals surface area contributed by atoms with Crippen LogP contribution in [0.4, 0.5) is 5.82 Å². The van der Waals surface area contributed by atoms with Gasteiger partial charge in [-0.2, -0.15) is 0 Å². The molecule has 0 saturated heterocycles. The molecule has 0 spiro atoms. The maximum Gasteiger partial charge on any atom is 0.319 e. The molecule has 1 heterocycles. The lowest BCUT2D eigenvalue weighted by Crippen LogP contribution is -2.31. The molecule has 1 aromatic heterocycles. The number of carbonyl (C=O) groups excluding carboxylic acids is 1. The van der Waals surface area contributed by atoms with E-state index in [-0.39, 0.29) is 11.3 Å². The molecule has 0 aliphatic heterocycles. The standard InChI is InChI=1S/C11H17BrN2O2.C4H7BrO2/c1-10(2,3)7-6-8(14-16-7)13-9(15)11(4,5)12;1-4(2,5)3(6)7/h6H,1-5H3,(H,13,14,15);1-2H3,(H,6,7). The Kier molecular flexibility index (Phi) is 7.49. The SMILES string of the molecule is CC(C)(Br)C(=O)Nc1cc(C(C)(C)C)on1.CC(C)(Br)C(=O)O. The highest BCUT2D eigenvalue weighted by Gasteiger charge is 2.26. The number of carboxylic acids is 1. The van der Waals surface area contributed by atoms with E-state index in [2.05, 4.69) is 42.3 Å². The molecule has 0 atom stereocenters. The lowest BCUT2D eigenvalue weighted by atomic mass is 9.93. The number of carbonyl (C=O) groups is 2. The molecule has 0 aliphatic rings. The lowest BCUT2D eigenvalue weighted by molar-refractivity contribution is -0.138.